The zero-order chi connectivity index (χ0) is 11.9. The Kier molecular flexibility index (Phi) is 2.48. The molecule has 1 unspecified atom stereocenters. The molecule has 0 aromatic heterocycles. The third kappa shape index (κ3) is 1.59. The molecule has 0 bridgehead atoms. The minimum Gasteiger partial charge on any atom is -0.389 e. The molecule has 16 heavy (non-hydrogen) atoms. The summed E-state index contributed by atoms with van der Waals surface area (Å²) in [6.45, 7) is 3.25. The van der Waals surface area contributed by atoms with Crippen molar-refractivity contribution in [3.8, 4) is 0 Å². The number of Topliss-reactive ketones (excluding diaryl/α,β-unsaturated/α-hetero) is 1. The highest BCUT2D eigenvalue weighted by atomic mass is 16.3. The van der Waals surface area contributed by atoms with Gasteiger partial charge in [0.2, 0.25) is 0 Å². The molecular formula is C13H12O3. The van der Waals surface area contributed by atoms with Crippen LogP contribution in [0.4, 0.5) is 0 Å². The molecule has 1 N–H and O–H groups in total. The van der Waals surface area contributed by atoms with Crippen molar-refractivity contribution in [1.82, 2.24) is 0 Å². The summed E-state index contributed by atoms with van der Waals surface area (Å²) < 4.78 is 0. The van der Waals surface area contributed by atoms with Gasteiger partial charge in [0.05, 0.1) is 6.10 Å². The summed E-state index contributed by atoms with van der Waals surface area (Å²) in [7, 11) is 0. The molecule has 0 radical (unpaired) electrons. The Morgan fingerprint density at radius 1 is 1.19 bits per heavy atom. The van der Waals surface area contributed by atoms with E-state index < -0.39 is 6.10 Å². The van der Waals surface area contributed by atoms with E-state index in [1.54, 1.807) is 32.0 Å². The number of benzene rings is 1. The summed E-state index contributed by atoms with van der Waals surface area (Å²) in [4.78, 5) is 23.5. The van der Waals surface area contributed by atoms with Crippen LogP contribution >= 0.6 is 0 Å². The lowest BCUT2D eigenvalue weighted by atomic mass is 9.88. The monoisotopic (exact) mass is 216 g/mol. The van der Waals surface area contributed by atoms with Gasteiger partial charge in [-0.25, -0.2) is 0 Å². The maximum atomic E-state index is 11.8. The van der Waals surface area contributed by atoms with Crippen molar-refractivity contribution in [3.05, 3.63) is 46.5 Å². The lowest BCUT2D eigenvalue weighted by Gasteiger charge is -2.14. The molecule has 0 saturated carbocycles. The number of allylic oxidation sites excluding steroid dienone is 2. The average molecular weight is 216 g/mol. The van der Waals surface area contributed by atoms with E-state index in [0.717, 1.165) is 0 Å². The Morgan fingerprint density at radius 2 is 1.88 bits per heavy atom. The van der Waals surface area contributed by atoms with E-state index in [0.29, 0.717) is 22.3 Å². The van der Waals surface area contributed by atoms with Crippen LogP contribution in [0.3, 0.4) is 0 Å². The molecule has 0 heterocycles. The third-order valence-corrected chi connectivity index (χ3v) is 2.74. The van der Waals surface area contributed by atoms with Crippen LogP contribution in [0.2, 0.25) is 0 Å². The summed E-state index contributed by atoms with van der Waals surface area (Å²) >= 11 is 0. The first-order valence-electron chi connectivity index (χ1n) is 5.10. The minimum absolute atomic E-state index is 0.119. The number of fused-ring (bicyclic) bond motifs is 1. The van der Waals surface area contributed by atoms with Gasteiger partial charge < -0.3 is 5.11 Å². The Labute approximate surface area is 93.4 Å². The molecular weight excluding hydrogens is 204 g/mol. The fourth-order valence-corrected chi connectivity index (χ4v) is 1.78. The Hall–Kier alpha value is -1.74. The zero-order valence-electron chi connectivity index (χ0n) is 9.15. The Bertz CT molecular complexity index is 510. The molecule has 1 atom stereocenters. The van der Waals surface area contributed by atoms with Crippen LogP contribution in [0.15, 0.2) is 29.8 Å². The van der Waals surface area contributed by atoms with E-state index >= 15 is 0 Å². The van der Waals surface area contributed by atoms with Crippen molar-refractivity contribution in [3.63, 3.8) is 0 Å². The summed E-state index contributed by atoms with van der Waals surface area (Å²) in [6.07, 6.45) is 0.705. The van der Waals surface area contributed by atoms with Gasteiger partial charge in [-0.05, 0) is 37.6 Å². The van der Waals surface area contributed by atoms with Gasteiger partial charge in [-0.3, -0.25) is 9.59 Å². The van der Waals surface area contributed by atoms with Gasteiger partial charge in [-0.1, -0.05) is 6.07 Å². The predicted octanol–water partition coefficient (Wildman–Crippen LogP) is 2.07. The van der Waals surface area contributed by atoms with Crippen LogP contribution in [0.1, 0.15) is 46.2 Å². The summed E-state index contributed by atoms with van der Waals surface area (Å²) in [5.74, 6) is -0.290. The van der Waals surface area contributed by atoms with E-state index in [-0.39, 0.29) is 11.6 Å². The number of carbonyl (C=O) groups excluding carboxylic acids is 2. The van der Waals surface area contributed by atoms with Gasteiger partial charge in [0, 0.05) is 16.7 Å². The molecule has 1 aromatic carbocycles. The van der Waals surface area contributed by atoms with E-state index in [1.165, 1.54) is 6.08 Å². The molecule has 0 amide bonds. The van der Waals surface area contributed by atoms with Crippen molar-refractivity contribution in [2.45, 2.75) is 20.0 Å². The van der Waals surface area contributed by atoms with Crippen LogP contribution in [-0.4, -0.2) is 16.7 Å². The SMILES string of the molecule is CC1=CC(=O)c2cc(C(C)O)ccc2C1=O. The highest BCUT2D eigenvalue weighted by Gasteiger charge is 2.23. The molecule has 0 spiro atoms. The van der Waals surface area contributed by atoms with Crippen LogP contribution in [-0.2, 0) is 0 Å². The molecule has 82 valence electrons. The number of hydrogen-bond donors (Lipinski definition) is 1. The highest BCUT2D eigenvalue weighted by Crippen LogP contribution is 2.24. The van der Waals surface area contributed by atoms with E-state index in [1.807, 2.05) is 0 Å². The number of carbonyl (C=O) groups is 2. The fourth-order valence-electron chi connectivity index (χ4n) is 1.78. The van der Waals surface area contributed by atoms with Crippen LogP contribution in [0.5, 0.6) is 0 Å². The second-order valence-electron chi connectivity index (χ2n) is 4.00. The molecule has 0 fully saturated rings. The average Bonchev–Trinajstić information content (AvgIpc) is 2.25. The summed E-state index contributed by atoms with van der Waals surface area (Å²) in [6, 6.07) is 4.87. The quantitative estimate of drug-likeness (QED) is 0.781. The van der Waals surface area contributed by atoms with Gasteiger partial charge in [-0.2, -0.15) is 0 Å². The molecule has 0 aliphatic heterocycles. The van der Waals surface area contributed by atoms with Crippen LogP contribution in [0.25, 0.3) is 0 Å². The first-order chi connectivity index (χ1) is 7.50. The van der Waals surface area contributed by atoms with E-state index in [9.17, 15) is 14.7 Å². The summed E-state index contributed by atoms with van der Waals surface area (Å²) in [5, 5.41) is 9.42. The smallest absolute Gasteiger partial charge is 0.189 e. The van der Waals surface area contributed by atoms with Crippen molar-refractivity contribution in [2.24, 2.45) is 0 Å². The van der Waals surface area contributed by atoms with E-state index in [2.05, 4.69) is 0 Å². The molecule has 3 nitrogen and oxygen atoms in total. The van der Waals surface area contributed by atoms with Gasteiger partial charge in [0.1, 0.15) is 0 Å². The number of aliphatic hydroxyl groups is 1. The molecule has 1 aliphatic rings. The molecule has 1 aliphatic carbocycles. The minimum atomic E-state index is -0.639. The van der Waals surface area contributed by atoms with E-state index in [4.69, 9.17) is 0 Å². The zero-order valence-corrected chi connectivity index (χ0v) is 9.15. The lowest BCUT2D eigenvalue weighted by Crippen LogP contribution is -2.16. The van der Waals surface area contributed by atoms with Gasteiger partial charge >= 0.3 is 0 Å². The second-order valence-corrected chi connectivity index (χ2v) is 4.00. The topological polar surface area (TPSA) is 54.4 Å². The number of hydrogen-bond acceptors (Lipinski definition) is 3. The van der Waals surface area contributed by atoms with Gasteiger partial charge in [0.25, 0.3) is 0 Å². The van der Waals surface area contributed by atoms with Crippen molar-refractivity contribution in [1.29, 1.82) is 0 Å². The fraction of sp³-hybridized carbons (Fsp3) is 0.231. The number of aliphatic hydroxyl groups excluding tert-OH is 1. The van der Waals surface area contributed by atoms with Crippen LogP contribution < -0.4 is 0 Å². The number of ketones is 2. The molecule has 1 aromatic rings. The Balaban J connectivity index is 2.60. The van der Waals surface area contributed by atoms with Gasteiger partial charge in [-0.15, -0.1) is 0 Å². The molecule has 0 saturated heterocycles. The van der Waals surface area contributed by atoms with Crippen molar-refractivity contribution >= 4 is 11.6 Å². The second kappa shape index (κ2) is 3.68. The first-order valence-corrected chi connectivity index (χ1v) is 5.10. The molecule has 3 heteroatoms. The predicted molar refractivity (Wildman–Crippen MR) is 59.5 cm³/mol. The maximum Gasteiger partial charge on any atom is 0.189 e. The maximum absolute atomic E-state index is 11.8. The largest absolute Gasteiger partial charge is 0.389 e. The van der Waals surface area contributed by atoms with Crippen LogP contribution in [0, 0.1) is 0 Å². The molecule has 2 rings (SSSR count). The third-order valence-electron chi connectivity index (χ3n) is 2.74. The number of rotatable bonds is 1. The summed E-state index contributed by atoms with van der Waals surface area (Å²) in [5.41, 5.74) is 1.92. The first kappa shape index (κ1) is 10.8. The normalized spacial score (nSPS) is 16.8. The van der Waals surface area contributed by atoms with Gasteiger partial charge in [0.15, 0.2) is 11.6 Å². The van der Waals surface area contributed by atoms with Crippen molar-refractivity contribution in [2.75, 3.05) is 0 Å². The highest BCUT2D eigenvalue weighted by molar-refractivity contribution is 6.24. The lowest BCUT2D eigenvalue weighted by molar-refractivity contribution is 0.0984. The van der Waals surface area contributed by atoms with Crippen molar-refractivity contribution < 1.29 is 14.7 Å². The Morgan fingerprint density at radius 3 is 2.50 bits per heavy atom. The standard InChI is InChI=1S/C13H12O3/c1-7-5-12(15)11-6-9(8(2)14)3-4-10(11)13(7)16/h3-6,8,14H,1-2H3.